The third-order valence-electron chi connectivity index (χ3n) is 5.10. The number of aromatic amines is 1. The summed E-state index contributed by atoms with van der Waals surface area (Å²) < 4.78 is 6.33. The Bertz CT molecular complexity index is 1250. The van der Waals surface area contributed by atoms with Gasteiger partial charge in [0.05, 0.1) is 12.7 Å². The Hall–Kier alpha value is -3.26. The molecule has 174 valence electrons. The zero-order valence-electron chi connectivity index (χ0n) is 17.3. The van der Waals surface area contributed by atoms with Gasteiger partial charge in [-0.15, -0.1) is 16.9 Å². The molecule has 2 aliphatic heterocycles. The molecule has 0 radical (unpaired) electrons. The van der Waals surface area contributed by atoms with Crippen LogP contribution in [0.4, 0.5) is 0 Å². The fourth-order valence-corrected chi connectivity index (χ4v) is 6.04. The standard InChI is InChI=1S/C19H19N5O7S2/c1-2-23-16(28)14(26)21-22-19(23)33-8-9-7-32-17-12(15(27)24(17)13(9)18(29)30)20-11(25)6-10-4-3-5-31-10/h3-5,12,17H,2,6-8H2,1H3,(H,20,25)(H,21,26)(H,29,30)/t12-,17-/m1/s1. The highest BCUT2D eigenvalue weighted by Gasteiger charge is 2.54. The smallest absolute Gasteiger partial charge is 0.352 e. The number of carbonyl (C=O) groups excluding carboxylic acids is 2. The summed E-state index contributed by atoms with van der Waals surface area (Å²) in [7, 11) is 0. The predicted molar refractivity (Wildman–Crippen MR) is 118 cm³/mol. The minimum atomic E-state index is -1.26. The number of furan rings is 1. The maximum atomic E-state index is 12.7. The predicted octanol–water partition coefficient (Wildman–Crippen LogP) is -0.382. The normalized spacial score (nSPS) is 19.8. The molecule has 2 amide bonds. The molecule has 33 heavy (non-hydrogen) atoms. The van der Waals surface area contributed by atoms with Crippen molar-refractivity contribution in [2.24, 2.45) is 0 Å². The van der Waals surface area contributed by atoms with E-state index in [1.54, 1.807) is 19.1 Å². The zero-order chi connectivity index (χ0) is 23.7. The topological polar surface area (TPSA) is 168 Å². The third-order valence-corrected chi connectivity index (χ3v) is 7.50. The summed E-state index contributed by atoms with van der Waals surface area (Å²) in [5, 5.41) is 18.1. The summed E-state index contributed by atoms with van der Waals surface area (Å²) in [6.07, 6.45) is 1.42. The molecular weight excluding hydrogens is 474 g/mol. The molecule has 0 aliphatic carbocycles. The first kappa shape index (κ1) is 22.9. The average Bonchev–Trinajstić information content (AvgIpc) is 3.30. The van der Waals surface area contributed by atoms with Crippen LogP contribution in [-0.4, -0.2) is 65.5 Å². The summed E-state index contributed by atoms with van der Waals surface area (Å²) in [6, 6.07) is 2.47. The molecule has 14 heteroatoms. The first-order valence-electron chi connectivity index (χ1n) is 9.85. The lowest BCUT2D eigenvalue weighted by atomic mass is 10.0. The van der Waals surface area contributed by atoms with Gasteiger partial charge in [-0.3, -0.25) is 28.6 Å². The maximum Gasteiger partial charge on any atom is 0.352 e. The van der Waals surface area contributed by atoms with Crippen molar-refractivity contribution in [3.8, 4) is 0 Å². The lowest BCUT2D eigenvalue weighted by Crippen LogP contribution is -2.70. The molecule has 1 fully saturated rings. The second-order valence-corrected chi connectivity index (χ2v) is 9.19. The first-order chi connectivity index (χ1) is 15.8. The minimum absolute atomic E-state index is 0.0248. The van der Waals surface area contributed by atoms with Crippen molar-refractivity contribution in [2.45, 2.75) is 36.5 Å². The van der Waals surface area contributed by atoms with Crippen LogP contribution in [0, 0.1) is 0 Å². The molecule has 4 rings (SSSR count). The number of carboxylic acids is 1. The molecule has 0 bridgehead atoms. The number of aliphatic carboxylic acids is 1. The van der Waals surface area contributed by atoms with Crippen LogP contribution in [0.3, 0.4) is 0 Å². The van der Waals surface area contributed by atoms with Crippen molar-refractivity contribution < 1.29 is 23.9 Å². The number of aromatic nitrogens is 3. The number of β-lactam (4-membered cyclic amide) rings is 1. The van der Waals surface area contributed by atoms with Crippen LogP contribution >= 0.6 is 23.5 Å². The van der Waals surface area contributed by atoms with E-state index >= 15 is 0 Å². The summed E-state index contributed by atoms with van der Waals surface area (Å²) in [4.78, 5) is 61.6. The van der Waals surface area contributed by atoms with E-state index in [0.29, 0.717) is 17.1 Å². The molecule has 4 heterocycles. The Morgan fingerprint density at radius 2 is 2.18 bits per heavy atom. The van der Waals surface area contributed by atoms with Crippen LogP contribution in [0.25, 0.3) is 0 Å². The van der Waals surface area contributed by atoms with Gasteiger partial charge in [0, 0.05) is 18.1 Å². The lowest BCUT2D eigenvalue weighted by Gasteiger charge is -2.49. The Balaban J connectivity index is 1.49. The van der Waals surface area contributed by atoms with E-state index in [9.17, 15) is 29.1 Å². The molecule has 2 aliphatic rings. The number of hydrogen-bond acceptors (Lipinski definition) is 9. The first-order valence-corrected chi connectivity index (χ1v) is 11.9. The Kier molecular flexibility index (Phi) is 6.47. The SMILES string of the molecule is CCn1c(SCC2=C(C(=O)O)N3C(=O)[C@@H](NC(=O)Cc4ccco4)[C@H]3SC2)n[nH]c(=O)c1=O. The molecule has 0 aromatic carbocycles. The number of thioether (sulfide) groups is 2. The van der Waals surface area contributed by atoms with Gasteiger partial charge >= 0.3 is 17.1 Å². The summed E-state index contributed by atoms with van der Waals surface area (Å²) in [5.41, 5.74) is -1.24. The van der Waals surface area contributed by atoms with Crippen LogP contribution in [-0.2, 0) is 27.3 Å². The lowest BCUT2D eigenvalue weighted by molar-refractivity contribution is -0.150. The molecular formula is C19H19N5O7S2. The van der Waals surface area contributed by atoms with E-state index < -0.39 is 40.3 Å². The second kappa shape index (κ2) is 9.31. The van der Waals surface area contributed by atoms with Crippen LogP contribution in [0.15, 0.2) is 48.8 Å². The van der Waals surface area contributed by atoms with Crippen molar-refractivity contribution in [2.75, 3.05) is 11.5 Å². The van der Waals surface area contributed by atoms with Crippen LogP contribution in [0.2, 0.25) is 0 Å². The fraction of sp³-hybridized carbons (Fsp3) is 0.368. The highest BCUT2D eigenvalue weighted by Crippen LogP contribution is 2.41. The number of nitrogens with one attached hydrogen (secondary N) is 2. The number of carboxylic acid groups (broad SMARTS) is 1. The quantitative estimate of drug-likeness (QED) is 0.250. The zero-order valence-corrected chi connectivity index (χ0v) is 18.9. The maximum absolute atomic E-state index is 12.7. The number of fused-ring (bicyclic) bond motifs is 1. The van der Waals surface area contributed by atoms with E-state index in [4.69, 9.17) is 4.42 Å². The van der Waals surface area contributed by atoms with Crippen LogP contribution in [0.5, 0.6) is 0 Å². The number of H-pyrrole nitrogens is 1. The van der Waals surface area contributed by atoms with Gasteiger partial charge in [-0.05, 0) is 24.6 Å². The van der Waals surface area contributed by atoms with Crippen LogP contribution < -0.4 is 16.4 Å². The van der Waals surface area contributed by atoms with Gasteiger partial charge in [-0.1, -0.05) is 11.8 Å². The number of rotatable bonds is 8. The van der Waals surface area contributed by atoms with E-state index in [1.807, 2.05) is 0 Å². The minimum Gasteiger partial charge on any atom is -0.477 e. The fourth-order valence-electron chi connectivity index (χ4n) is 3.55. The number of amides is 2. The second-order valence-electron chi connectivity index (χ2n) is 7.14. The van der Waals surface area contributed by atoms with Gasteiger partial charge in [0.15, 0.2) is 5.16 Å². The van der Waals surface area contributed by atoms with Gasteiger partial charge in [0.2, 0.25) is 5.91 Å². The van der Waals surface area contributed by atoms with Crippen molar-refractivity contribution in [1.82, 2.24) is 25.0 Å². The average molecular weight is 494 g/mol. The van der Waals surface area contributed by atoms with Crippen LogP contribution in [0.1, 0.15) is 12.7 Å². The summed E-state index contributed by atoms with van der Waals surface area (Å²) in [6.45, 7) is 1.92. The van der Waals surface area contributed by atoms with E-state index in [-0.39, 0.29) is 29.6 Å². The van der Waals surface area contributed by atoms with E-state index in [1.165, 1.54) is 27.5 Å². The van der Waals surface area contributed by atoms with Gasteiger partial charge in [0.25, 0.3) is 5.91 Å². The van der Waals surface area contributed by atoms with Crippen molar-refractivity contribution in [1.29, 1.82) is 0 Å². The molecule has 2 atom stereocenters. The van der Waals surface area contributed by atoms with Crippen molar-refractivity contribution >= 4 is 41.3 Å². The molecule has 2 aromatic heterocycles. The number of nitrogens with zero attached hydrogens (tertiary/aromatic N) is 3. The molecule has 1 saturated heterocycles. The molecule has 0 saturated carbocycles. The Morgan fingerprint density at radius 3 is 2.85 bits per heavy atom. The molecule has 12 nitrogen and oxygen atoms in total. The van der Waals surface area contributed by atoms with Gasteiger partial charge in [-0.2, -0.15) is 0 Å². The van der Waals surface area contributed by atoms with E-state index in [2.05, 4.69) is 15.5 Å². The Labute approximate surface area is 194 Å². The number of hydrogen-bond donors (Lipinski definition) is 3. The number of carbonyl (C=O) groups is 3. The monoisotopic (exact) mass is 493 g/mol. The van der Waals surface area contributed by atoms with E-state index in [0.717, 1.165) is 11.8 Å². The Morgan fingerprint density at radius 1 is 1.39 bits per heavy atom. The van der Waals surface area contributed by atoms with Crippen molar-refractivity contribution in [3.63, 3.8) is 0 Å². The molecule has 0 unspecified atom stereocenters. The molecule has 2 aromatic rings. The van der Waals surface area contributed by atoms with Gasteiger partial charge in [0.1, 0.15) is 22.9 Å². The highest BCUT2D eigenvalue weighted by atomic mass is 32.2. The summed E-state index contributed by atoms with van der Waals surface area (Å²) >= 11 is 2.43. The van der Waals surface area contributed by atoms with Gasteiger partial charge < -0.3 is 14.8 Å². The molecule has 0 spiro atoms. The largest absolute Gasteiger partial charge is 0.477 e. The third kappa shape index (κ3) is 4.35. The van der Waals surface area contributed by atoms with Crippen molar-refractivity contribution in [3.05, 3.63) is 56.1 Å². The van der Waals surface area contributed by atoms with Gasteiger partial charge in [-0.25, -0.2) is 9.89 Å². The highest BCUT2D eigenvalue weighted by molar-refractivity contribution is 8.01. The molecule has 3 N–H and O–H groups in total. The summed E-state index contributed by atoms with van der Waals surface area (Å²) in [5.74, 6) is -1.24.